The van der Waals surface area contributed by atoms with Gasteiger partial charge in [0.1, 0.15) is 0 Å². The molecule has 5 heteroatoms. The fourth-order valence-electron chi connectivity index (χ4n) is 0.291. The maximum atomic E-state index is 10.9. The first-order chi connectivity index (χ1) is 5.18. The Hall–Kier alpha value is -0.0300. The van der Waals surface area contributed by atoms with Gasteiger partial charge in [0.25, 0.3) is 0 Å². The van der Waals surface area contributed by atoms with Gasteiger partial charge in [-0.25, -0.2) is 4.79 Å². The average molecular weight is 181 g/mol. The summed E-state index contributed by atoms with van der Waals surface area (Å²) in [4.78, 5) is 12.3. The minimum atomic E-state index is -0.0944. The third kappa shape index (κ3) is 4.81. The van der Waals surface area contributed by atoms with E-state index in [0.29, 0.717) is 12.1 Å². The zero-order valence-corrected chi connectivity index (χ0v) is 7.72. The molecule has 10 heavy (non-hydrogen) atoms. The summed E-state index contributed by atoms with van der Waals surface area (Å²) in [6.45, 7) is 0. The Morgan fingerprint density at radius 1 is 1.80 bits per heavy atom. The van der Waals surface area contributed by atoms with Gasteiger partial charge in [0.05, 0.1) is 5.88 Å². The summed E-state index contributed by atoms with van der Waals surface area (Å²) in [5.74, 6) is 0.556. The Bertz CT molecular complexity index is 123. The summed E-state index contributed by atoms with van der Waals surface area (Å²) in [7, 11) is 6.27. The summed E-state index contributed by atoms with van der Waals surface area (Å²) in [6, 6.07) is -0.0944. The van der Waals surface area contributed by atoms with Gasteiger partial charge in [0.15, 0.2) is 0 Å². The van der Waals surface area contributed by atoms with E-state index in [1.165, 1.54) is 26.5 Å². The molecule has 0 aromatic heterocycles. The number of urea groups is 1. The second-order valence-corrected chi connectivity index (χ2v) is 3.93. The van der Waals surface area contributed by atoms with Gasteiger partial charge in [-0.15, -0.1) is 0 Å². The second-order valence-electron chi connectivity index (χ2n) is 1.76. The van der Waals surface area contributed by atoms with Gasteiger partial charge in [-0.3, -0.25) is 0 Å². The van der Waals surface area contributed by atoms with Gasteiger partial charge in [-0.1, -0.05) is 21.6 Å². The van der Waals surface area contributed by atoms with Crippen LogP contribution in [0.4, 0.5) is 4.79 Å². The lowest BCUT2D eigenvalue weighted by atomic mass is 10.8. The topological polar surface area (TPSA) is 32.3 Å². The SMILES string of the molecule is [2H]CSSCNC(=O)N(C)C. The molecule has 0 aliphatic carbocycles. The van der Waals surface area contributed by atoms with Crippen LogP contribution in [0.5, 0.6) is 0 Å². The smallest absolute Gasteiger partial charge is 0.317 e. The zero-order chi connectivity index (χ0) is 8.69. The van der Waals surface area contributed by atoms with Gasteiger partial charge in [-0.2, -0.15) is 0 Å². The highest BCUT2D eigenvalue weighted by atomic mass is 33.1. The number of hydrogen-bond donors (Lipinski definition) is 1. The highest BCUT2D eigenvalue weighted by Crippen LogP contribution is 2.13. The monoisotopic (exact) mass is 181 g/mol. The molecule has 1 N–H and O–H groups in total. The first-order valence-corrected chi connectivity index (χ1v) is 5.16. The molecular formula is C5H12N2OS2. The molecule has 0 atom stereocenters. The van der Waals surface area contributed by atoms with Crippen LogP contribution in [0.3, 0.4) is 0 Å². The van der Waals surface area contributed by atoms with E-state index < -0.39 is 0 Å². The van der Waals surface area contributed by atoms with Gasteiger partial charge in [0.2, 0.25) is 0 Å². The molecule has 0 fully saturated rings. The molecule has 0 unspecified atom stereocenters. The van der Waals surface area contributed by atoms with E-state index in [2.05, 4.69) is 5.32 Å². The van der Waals surface area contributed by atoms with E-state index >= 15 is 0 Å². The molecule has 0 spiro atoms. The number of rotatable bonds is 3. The Balaban J connectivity index is 3.18. The first kappa shape index (κ1) is 8.07. The molecule has 0 aliphatic heterocycles. The minimum absolute atomic E-state index is 0.0944. The van der Waals surface area contributed by atoms with Gasteiger partial charge >= 0.3 is 6.03 Å². The number of nitrogens with one attached hydrogen (secondary N) is 1. The Labute approximate surface area is 70.7 Å². The lowest BCUT2D eigenvalue weighted by molar-refractivity contribution is 0.219. The number of nitrogens with zero attached hydrogens (tertiary/aromatic N) is 1. The number of carbonyl (C=O) groups is 1. The highest BCUT2D eigenvalue weighted by molar-refractivity contribution is 8.76. The fraction of sp³-hybridized carbons (Fsp3) is 0.800. The van der Waals surface area contributed by atoms with E-state index in [-0.39, 0.29) is 6.03 Å². The average Bonchev–Trinajstić information content (AvgIpc) is 1.97. The van der Waals surface area contributed by atoms with E-state index in [9.17, 15) is 4.79 Å². The summed E-state index contributed by atoms with van der Waals surface area (Å²) in [6.07, 6.45) is 0.322. The van der Waals surface area contributed by atoms with E-state index in [4.69, 9.17) is 1.37 Å². The minimum Gasteiger partial charge on any atom is -0.331 e. The van der Waals surface area contributed by atoms with E-state index in [0.717, 1.165) is 0 Å². The first-order valence-electron chi connectivity index (χ1n) is 3.38. The zero-order valence-electron chi connectivity index (χ0n) is 7.09. The van der Waals surface area contributed by atoms with Crippen molar-refractivity contribution in [1.82, 2.24) is 10.2 Å². The molecule has 3 nitrogen and oxygen atoms in total. The van der Waals surface area contributed by atoms with Crippen LogP contribution < -0.4 is 5.32 Å². The number of carbonyl (C=O) groups excluding carboxylic acids is 1. The van der Waals surface area contributed by atoms with Crippen molar-refractivity contribution in [3.05, 3.63) is 0 Å². The molecule has 60 valence electrons. The molecule has 0 saturated heterocycles. The predicted octanol–water partition coefficient (Wildman–Crippen LogP) is 1.23. The van der Waals surface area contributed by atoms with Crippen LogP contribution in [0.1, 0.15) is 1.37 Å². The van der Waals surface area contributed by atoms with Crippen LogP contribution in [0, 0.1) is 0 Å². The van der Waals surface area contributed by atoms with Crippen molar-refractivity contribution in [2.45, 2.75) is 0 Å². The Kier molecular flexibility index (Phi) is 4.63. The van der Waals surface area contributed by atoms with Crippen molar-refractivity contribution in [1.29, 1.82) is 0 Å². The van der Waals surface area contributed by atoms with Crippen molar-refractivity contribution in [2.75, 3.05) is 26.2 Å². The Morgan fingerprint density at radius 2 is 2.50 bits per heavy atom. The molecule has 0 radical (unpaired) electrons. The third-order valence-corrected chi connectivity index (χ3v) is 2.05. The van der Waals surface area contributed by atoms with Crippen molar-refractivity contribution in [2.24, 2.45) is 0 Å². The maximum Gasteiger partial charge on any atom is 0.317 e. The lowest BCUT2D eigenvalue weighted by Crippen LogP contribution is -2.33. The lowest BCUT2D eigenvalue weighted by Gasteiger charge is -2.10. The van der Waals surface area contributed by atoms with E-state index in [1.54, 1.807) is 14.1 Å². The van der Waals surface area contributed by atoms with Crippen molar-refractivity contribution < 1.29 is 6.17 Å². The second kappa shape index (κ2) is 5.73. The van der Waals surface area contributed by atoms with Crippen molar-refractivity contribution in [3.8, 4) is 0 Å². The molecule has 0 saturated carbocycles. The fourth-order valence-corrected chi connectivity index (χ4v) is 0.983. The van der Waals surface area contributed by atoms with Gasteiger partial charge in [-0.05, 0) is 6.23 Å². The van der Waals surface area contributed by atoms with Crippen LogP contribution in [-0.4, -0.2) is 37.1 Å². The molecular weight excluding hydrogens is 168 g/mol. The van der Waals surface area contributed by atoms with Gasteiger partial charge in [0, 0.05) is 15.5 Å². The number of amides is 2. The van der Waals surface area contributed by atoms with Crippen LogP contribution in [0.25, 0.3) is 0 Å². The standard InChI is InChI=1S/C5H12N2OS2/c1-7(2)5(8)6-4-10-9-3/h4H2,1-3H3,(H,6,8)/i3D. The highest BCUT2D eigenvalue weighted by Gasteiger charge is 1.99. The van der Waals surface area contributed by atoms with Crippen LogP contribution in [-0.2, 0) is 0 Å². The summed E-state index contributed by atoms with van der Waals surface area (Å²) < 4.78 is 6.79. The molecule has 0 aromatic carbocycles. The molecule has 0 rings (SSSR count). The molecule has 0 heterocycles. The van der Waals surface area contributed by atoms with Crippen LogP contribution >= 0.6 is 21.6 Å². The van der Waals surface area contributed by atoms with Crippen molar-refractivity contribution in [3.63, 3.8) is 0 Å². The van der Waals surface area contributed by atoms with Crippen molar-refractivity contribution >= 4 is 27.6 Å². The quantitative estimate of drug-likeness (QED) is 0.404. The molecule has 0 aromatic rings. The number of hydrogen-bond acceptors (Lipinski definition) is 3. The molecule has 2 amide bonds. The predicted molar refractivity (Wildman–Crippen MR) is 48.2 cm³/mol. The molecule has 0 aliphatic rings. The molecule has 0 bridgehead atoms. The van der Waals surface area contributed by atoms with Gasteiger partial charge < -0.3 is 10.2 Å². The summed E-state index contributed by atoms with van der Waals surface area (Å²) in [5, 5.41) is 2.66. The van der Waals surface area contributed by atoms with E-state index in [1.807, 2.05) is 0 Å². The van der Waals surface area contributed by atoms with Crippen LogP contribution in [0.15, 0.2) is 0 Å². The summed E-state index contributed by atoms with van der Waals surface area (Å²) in [5.41, 5.74) is 0. The van der Waals surface area contributed by atoms with Crippen LogP contribution in [0.2, 0.25) is 0 Å². The third-order valence-electron chi connectivity index (χ3n) is 0.772. The Morgan fingerprint density at radius 3 is 3.00 bits per heavy atom. The largest absolute Gasteiger partial charge is 0.331 e. The maximum absolute atomic E-state index is 10.9. The normalized spacial score (nSPS) is 10.4. The summed E-state index contributed by atoms with van der Waals surface area (Å²) >= 11 is 0.